The van der Waals surface area contributed by atoms with E-state index in [1.54, 1.807) is 30.7 Å². The Morgan fingerprint density at radius 1 is 1.22 bits per heavy atom. The largest absolute Gasteiger partial charge is 0.370 e. The van der Waals surface area contributed by atoms with Gasteiger partial charge in [0.05, 0.1) is 10.2 Å². The zero-order chi connectivity index (χ0) is 16.4. The van der Waals surface area contributed by atoms with E-state index in [0.717, 1.165) is 26.4 Å². The first-order chi connectivity index (χ1) is 11.0. The molecule has 0 saturated carbocycles. The number of carbonyl (C=O) groups excluding carboxylic acids is 2. The average Bonchev–Trinajstić information content (AvgIpc) is 2.96. The number of ketones is 1. The molecule has 3 rings (SSSR count). The molecule has 0 saturated heterocycles. The monoisotopic (exact) mass is 325 g/mol. The highest BCUT2D eigenvalue weighted by molar-refractivity contribution is 7.21. The van der Waals surface area contributed by atoms with E-state index in [1.165, 1.54) is 0 Å². The second kappa shape index (κ2) is 6.26. The maximum Gasteiger partial charge on any atom is 0.217 e. The smallest absolute Gasteiger partial charge is 0.217 e. The van der Waals surface area contributed by atoms with E-state index >= 15 is 0 Å². The van der Waals surface area contributed by atoms with Gasteiger partial charge in [0.15, 0.2) is 5.78 Å². The SMILES string of the molecule is CC(=O)c1ccc2sc(-c3cncc(CCC(N)=O)c3)nc2c1. The number of nitrogens with two attached hydrogens (primary N) is 1. The third-order valence-electron chi connectivity index (χ3n) is 3.50. The van der Waals surface area contributed by atoms with Crippen LogP contribution < -0.4 is 5.73 Å². The molecule has 0 fully saturated rings. The van der Waals surface area contributed by atoms with Crippen LogP contribution in [0.1, 0.15) is 29.3 Å². The quantitative estimate of drug-likeness (QED) is 0.731. The van der Waals surface area contributed by atoms with Gasteiger partial charge in [-0.05, 0) is 43.2 Å². The van der Waals surface area contributed by atoms with Gasteiger partial charge in [-0.15, -0.1) is 11.3 Å². The van der Waals surface area contributed by atoms with E-state index in [-0.39, 0.29) is 11.7 Å². The van der Waals surface area contributed by atoms with Crippen molar-refractivity contribution in [3.63, 3.8) is 0 Å². The van der Waals surface area contributed by atoms with Crippen LogP contribution in [0.5, 0.6) is 0 Å². The predicted molar refractivity (Wildman–Crippen MR) is 90.4 cm³/mol. The Balaban J connectivity index is 1.95. The number of amides is 1. The molecule has 0 bridgehead atoms. The van der Waals surface area contributed by atoms with Crippen LogP contribution >= 0.6 is 11.3 Å². The summed E-state index contributed by atoms with van der Waals surface area (Å²) in [5, 5.41) is 0.842. The fraction of sp³-hybridized carbons (Fsp3) is 0.176. The second-order valence-corrected chi connectivity index (χ2v) is 6.34. The van der Waals surface area contributed by atoms with Gasteiger partial charge < -0.3 is 5.73 Å². The van der Waals surface area contributed by atoms with Gasteiger partial charge in [-0.1, -0.05) is 0 Å². The lowest BCUT2D eigenvalue weighted by Gasteiger charge is -2.01. The molecule has 0 aliphatic carbocycles. The normalized spacial score (nSPS) is 10.8. The van der Waals surface area contributed by atoms with Crippen molar-refractivity contribution in [3.8, 4) is 10.6 Å². The Hall–Kier alpha value is -2.60. The Kier molecular flexibility index (Phi) is 4.16. The molecule has 2 aromatic heterocycles. The summed E-state index contributed by atoms with van der Waals surface area (Å²) in [6, 6.07) is 7.51. The number of fused-ring (bicyclic) bond motifs is 1. The minimum Gasteiger partial charge on any atom is -0.370 e. The summed E-state index contributed by atoms with van der Waals surface area (Å²) in [4.78, 5) is 31.2. The van der Waals surface area contributed by atoms with Crippen molar-refractivity contribution in [2.24, 2.45) is 5.73 Å². The molecule has 1 amide bonds. The third kappa shape index (κ3) is 3.43. The molecule has 0 spiro atoms. The molecule has 23 heavy (non-hydrogen) atoms. The summed E-state index contributed by atoms with van der Waals surface area (Å²) in [5.74, 6) is -0.302. The van der Waals surface area contributed by atoms with Crippen molar-refractivity contribution in [3.05, 3.63) is 47.8 Å². The van der Waals surface area contributed by atoms with E-state index in [1.807, 2.05) is 24.3 Å². The van der Waals surface area contributed by atoms with Gasteiger partial charge in [-0.3, -0.25) is 14.6 Å². The molecule has 0 radical (unpaired) electrons. The highest BCUT2D eigenvalue weighted by Gasteiger charge is 2.10. The minimum atomic E-state index is -0.327. The number of Topliss-reactive ketones (excluding diaryl/α,β-unsaturated/α-hetero) is 1. The van der Waals surface area contributed by atoms with Crippen molar-refractivity contribution in [1.82, 2.24) is 9.97 Å². The predicted octanol–water partition coefficient (Wildman–Crippen LogP) is 2.98. The lowest BCUT2D eigenvalue weighted by Crippen LogP contribution is -2.11. The highest BCUT2D eigenvalue weighted by atomic mass is 32.1. The van der Waals surface area contributed by atoms with Gasteiger partial charge in [0.25, 0.3) is 0 Å². The Morgan fingerprint density at radius 2 is 2.04 bits per heavy atom. The van der Waals surface area contributed by atoms with Crippen LogP contribution in [0.25, 0.3) is 20.8 Å². The highest BCUT2D eigenvalue weighted by Crippen LogP contribution is 2.30. The van der Waals surface area contributed by atoms with Crippen molar-refractivity contribution < 1.29 is 9.59 Å². The van der Waals surface area contributed by atoms with E-state index in [9.17, 15) is 9.59 Å². The Morgan fingerprint density at radius 3 is 2.78 bits per heavy atom. The number of benzene rings is 1. The summed E-state index contributed by atoms with van der Waals surface area (Å²) in [5.41, 5.74) is 8.49. The first kappa shape index (κ1) is 15.3. The number of pyridine rings is 1. The molecule has 3 aromatic rings. The summed E-state index contributed by atoms with van der Waals surface area (Å²) < 4.78 is 1.02. The first-order valence-corrected chi connectivity index (χ1v) is 7.99. The molecule has 0 aliphatic heterocycles. The van der Waals surface area contributed by atoms with Crippen LogP contribution in [-0.2, 0) is 11.2 Å². The molecule has 6 heteroatoms. The maximum absolute atomic E-state index is 11.5. The van der Waals surface area contributed by atoms with Crippen LogP contribution in [0.4, 0.5) is 0 Å². The number of primary amides is 1. The van der Waals surface area contributed by atoms with Gasteiger partial charge in [0.1, 0.15) is 5.01 Å². The summed E-state index contributed by atoms with van der Waals surface area (Å²) in [7, 11) is 0. The Labute approximate surface area is 137 Å². The van der Waals surface area contributed by atoms with E-state index in [0.29, 0.717) is 18.4 Å². The molecule has 1 aromatic carbocycles. The number of aryl methyl sites for hydroxylation is 1. The zero-order valence-electron chi connectivity index (χ0n) is 12.6. The van der Waals surface area contributed by atoms with Gasteiger partial charge in [-0.25, -0.2) is 4.98 Å². The van der Waals surface area contributed by atoms with E-state index in [4.69, 9.17) is 5.73 Å². The number of hydrogen-bond acceptors (Lipinski definition) is 5. The average molecular weight is 325 g/mol. The van der Waals surface area contributed by atoms with E-state index in [2.05, 4.69) is 9.97 Å². The first-order valence-electron chi connectivity index (χ1n) is 7.17. The van der Waals surface area contributed by atoms with Crippen molar-refractivity contribution in [2.75, 3.05) is 0 Å². The topological polar surface area (TPSA) is 85.9 Å². The van der Waals surface area contributed by atoms with Crippen molar-refractivity contribution in [1.29, 1.82) is 0 Å². The molecule has 0 atom stereocenters. The van der Waals surface area contributed by atoms with Crippen molar-refractivity contribution in [2.45, 2.75) is 19.8 Å². The van der Waals surface area contributed by atoms with Gasteiger partial charge >= 0.3 is 0 Å². The summed E-state index contributed by atoms with van der Waals surface area (Å²) in [6.45, 7) is 1.54. The van der Waals surface area contributed by atoms with Gasteiger partial charge in [0.2, 0.25) is 5.91 Å². The lowest BCUT2D eigenvalue weighted by atomic mass is 10.1. The number of thiazole rings is 1. The fourth-order valence-electron chi connectivity index (χ4n) is 2.28. The standard InChI is InChI=1S/C17H15N3O2S/c1-10(21)12-3-4-15-14(7-12)20-17(23-15)13-6-11(8-19-9-13)2-5-16(18)22/h3-4,6-9H,2,5H2,1H3,(H2,18,22). The molecule has 0 aliphatic rings. The molecule has 2 heterocycles. The number of carbonyl (C=O) groups is 2. The van der Waals surface area contributed by atoms with E-state index < -0.39 is 0 Å². The van der Waals surface area contributed by atoms with Crippen molar-refractivity contribution >= 4 is 33.2 Å². The number of aromatic nitrogens is 2. The number of hydrogen-bond donors (Lipinski definition) is 1. The Bertz CT molecular complexity index is 902. The number of nitrogens with zero attached hydrogens (tertiary/aromatic N) is 2. The van der Waals surface area contributed by atoms with Gasteiger partial charge in [-0.2, -0.15) is 0 Å². The van der Waals surface area contributed by atoms with Crippen LogP contribution in [0.3, 0.4) is 0 Å². The summed E-state index contributed by atoms with van der Waals surface area (Å²) >= 11 is 1.55. The second-order valence-electron chi connectivity index (χ2n) is 5.31. The minimum absolute atomic E-state index is 0.0246. The summed E-state index contributed by atoms with van der Waals surface area (Å²) in [6.07, 6.45) is 4.34. The molecule has 5 nitrogen and oxygen atoms in total. The fourth-order valence-corrected chi connectivity index (χ4v) is 3.21. The molecular weight excluding hydrogens is 310 g/mol. The van der Waals surface area contributed by atoms with Crippen LogP contribution in [0.2, 0.25) is 0 Å². The molecule has 2 N–H and O–H groups in total. The third-order valence-corrected chi connectivity index (χ3v) is 4.58. The zero-order valence-corrected chi connectivity index (χ0v) is 13.4. The molecular formula is C17H15N3O2S. The maximum atomic E-state index is 11.5. The molecule has 0 unspecified atom stereocenters. The lowest BCUT2D eigenvalue weighted by molar-refractivity contribution is -0.117. The molecule has 116 valence electrons. The van der Waals surface area contributed by atoms with Crippen LogP contribution in [-0.4, -0.2) is 21.7 Å². The van der Waals surface area contributed by atoms with Crippen LogP contribution in [0, 0.1) is 0 Å². The van der Waals surface area contributed by atoms with Gasteiger partial charge in [0, 0.05) is 29.9 Å². The van der Waals surface area contributed by atoms with Crippen LogP contribution in [0.15, 0.2) is 36.7 Å². The number of rotatable bonds is 5.